The minimum Gasteiger partial charge on any atom is -0.489 e. The molecule has 1 aromatic heterocycles. The molecule has 1 aromatic carbocycles. The predicted octanol–water partition coefficient (Wildman–Crippen LogP) is 2.86. The summed E-state index contributed by atoms with van der Waals surface area (Å²) in [6, 6.07) is 4.67. The van der Waals surface area contributed by atoms with E-state index in [0.29, 0.717) is 31.2 Å². The van der Waals surface area contributed by atoms with Gasteiger partial charge in [-0.15, -0.1) is 0 Å². The van der Waals surface area contributed by atoms with Crippen molar-refractivity contribution >= 4 is 5.91 Å². The molecule has 1 unspecified atom stereocenters. The van der Waals surface area contributed by atoms with Gasteiger partial charge in [-0.3, -0.25) is 14.6 Å². The molecule has 0 spiro atoms. The highest BCUT2D eigenvalue weighted by Crippen LogP contribution is 2.36. The van der Waals surface area contributed by atoms with E-state index in [1.165, 1.54) is 6.07 Å². The third-order valence-corrected chi connectivity index (χ3v) is 6.18. The number of alkyl halides is 2. The molecule has 1 amide bonds. The lowest BCUT2D eigenvalue weighted by atomic mass is 10.1. The normalized spacial score (nSPS) is 19.0. The molecule has 1 saturated heterocycles. The van der Waals surface area contributed by atoms with Gasteiger partial charge in [0.1, 0.15) is 0 Å². The summed E-state index contributed by atoms with van der Waals surface area (Å²) in [7, 11) is 4.03. The summed E-state index contributed by atoms with van der Waals surface area (Å²) in [6.45, 7) is 2.25. The number of nitrogens with two attached hydrogens (primary N) is 1. The lowest BCUT2D eigenvalue weighted by Crippen LogP contribution is -2.55. The Morgan fingerprint density at radius 1 is 1.29 bits per heavy atom. The highest BCUT2D eigenvalue weighted by atomic mass is 19.3. The molecule has 4 rings (SSSR count). The molecule has 2 heterocycles. The van der Waals surface area contributed by atoms with Gasteiger partial charge in [0.05, 0.1) is 19.8 Å². The molecular weight excluding hydrogens is 460 g/mol. The first kappa shape index (κ1) is 25.3. The third kappa shape index (κ3) is 6.28. The van der Waals surface area contributed by atoms with Crippen LogP contribution in [0.4, 0.5) is 8.78 Å². The number of carbonyl (C=O) groups excluding carboxylic acids is 1. The van der Waals surface area contributed by atoms with E-state index < -0.39 is 6.61 Å². The zero-order valence-electron chi connectivity index (χ0n) is 20.4. The Hall–Kier alpha value is -2.76. The van der Waals surface area contributed by atoms with Gasteiger partial charge in [0.2, 0.25) is 5.89 Å². The number of piperazine rings is 1. The number of hydrogen-bond acceptors (Lipinski definition) is 8. The largest absolute Gasteiger partial charge is 0.489 e. The summed E-state index contributed by atoms with van der Waals surface area (Å²) < 4.78 is 41.9. The maximum absolute atomic E-state index is 13.3. The second-order valence-electron chi connectivity index (χ2n) is 9.42. The van der Waals surface area contributed by atoms with Crippen LogP contribution in [0.2, 0.25) is 0 Å². The van der Waals surface area contributed by atoms with Crippen LogP contribution in [0.15, 0.2) is 22.6 Å². The van der Waals surface area contributed by atoms with Crippen molar-refractivity contribution in [3.05, 3.63) is 29.7 Å². The maximum Gasteiger partial charge on any atom is 0.387 e. The topological polar surface area (TPSA) is 97.3 Å². The molecule has 9 nitrogen and oxygen atoms in total. The van der Waals surface area contributed by atoms with Gasteiger partial charge in [0.15, 0.2) is 23.0 Å². The second-order valence-corrected chi connectivity index (χ2v) is 9.42. The van der Waals surface area contributed by atoms with Gasteiger partial charge in [0.25, 0.3) is 5.91 Å². The van der Waals surface area contributed by atoms with Crippen LogP contribution < -0.4 is 15.2 Å². The first-order valence-electron chi connectivity index (χ1n) is 11.8. The molecule has 35 heavy (non-hydrogen) atoms. The number of nitrogens with zero attached hydrogens (tertiary/aromatic N) is 4. The molecule has 2 aliphatic rings. The number of oxazole rings is 1. The molecule has 1 aliphatic heterocycles. The van der Waals surface area contributed by atoms with Crippen molar-refractivity contribution in [2.45, 2.75) is 39.0 Å². The molecule has 1 aliphatic carbocycles. The lowest BCUT2D eigenvalue weighted by molar-refractivity contribution is -0.0515. The van der Waals surface area contributed by atoms with E-state index in [4.69, 9.17) is 14.9 Å². The number of benzene rings is 1. The number of amides is 1. The maximum atomic E-state index is 13.3. The quantitative estimate of drug-likeness (QED) is 0.540. The monoisotopic (exact) mass is 493 g/mol. The SMILES string of the molecule is CC1CN(C(=O)c2nc(-c3ccc(OC(F)F)c(OCC4CC4)c3)oc2CN)CCN1CN(C)C. The molecule has 2 N–H and O–H groups in total. The van der Waals surface area contributed by atoms with Crippen molar-refractivity contribution in [1.82, 2.24) is 19.7 Å². The Morgan fingerprint density at radius 2 is 2.06 bits per heavy atom. The lowest BCUT2D eigenvalue weighted by Gasteiger charge is -2.40. The average Bonchev–Trinajstić information content (AvgIpc) is 3.54. The number of rotatable bonds is 10. The number of carbonyl (C=O) groups is 1. The van der Waals surface area contributed by atoms with Crippen LogP contribution in [0.1, 0.15) is 36.0 Å². The van der Waals surface area contributed by atoms with E-state index in [-0.39, 0.29) is 47.3 Å². The second kappa shape index (κ2) is 10.9. The Balaban J connectivity index is 1.54. The van der Waals surface area contributed by atoms with Crippen molar-refractivity contribution in [3.8, 4) is 23.0 Å². The summed E-state index contributed by atoms with van der Waals surface area (Å²) >= 11 is 0. The molecule has 2 fully saturated rings. The van der Waals surface area contributed by atoms with Crippen LogP contribution in [0.3, 0.4) is 0 Å². The number of aromatic nitrogens is 1. The average molecular weight is 494 g/mol. The van der Waals surface area contributed by atoms with Crippen molar-refractivity contribution in [2.75, 3.05) is 47.0 Å². The first-order valence-corrected chi connectivity index (χ1v) is 11.8. The van der Waals surface area contributed by atoms with Crippen molar-refractivity contribution in [3.63, 3.8) is 0 Å². The molecular formula is C24H33F2N5O4. The molecule has 11 heteroatoms. The number of hydrogen-bond donors (Lipinski definition) is 1. The molecule has 1 saturated carbocycles. The van der Waals surface area contributed by atoms with Crippen LogP contribution in [0.25, 0.3) is 11.5 Å². The molecule has 0 bridgehead atoms. The summed E-state index contributed by atoms with van der Waals surface area (Å²) in [5.41, 5.74) is 6.52. The summed E-state index contributed by atoms with van der Waals surface area (Å²) in [4.78, 5) is 24.0. The van der Waals surface area contributed by atoms with Crippen molar-refractivity contribution in [2.24, 2.45) is 11.7 Å². The van der Waals surface area contributed by atoms with Crippen LogP contribution in [0.5, 0.6) is 11.5 Å². The van der Waals surface area contributed by atoms with Gasteiger partial charge < -0.3 is 24.5 Å². The fraction of sp³-hybridized carbons (Fsp3) is 0.583. The predicted molar refractivity (Wildman–Crippen MR) is 125 cm³/mol. The Morgan fingerprint density at radius 3 is 2.69 bits per heavy atom. The van der Waals surface area contributed by atoms with Crippen LogP contribution in [0, 0.1) is 5.92 Å². The minimum absolute atomic E-state index is 0.00182. The molecule has 2 aromatic rings. The summed E-state index contributed by atoms with van der Waals surface area (Å²) in [6.07, 6.45) is 2.11. The van der Waals surface area contributed by atoms with Gasteiger partial charge in [-0.1, -0.05) is 0 Å². The van der Waals surface area contributed by atoms with Crippen molar-refractivity contribution < 1.29 is 27.5 Å². The third-order valence-electron chi connectivity index (χ3n) is 6.18. The van der Waals surface area contributed by atoms with Crippen molar-refractivity contribution in [1.29, 1.82) is 0 Å². The van der Waals surface area contributed by atoms with Crippen LogP contribution in [-0.2, 0) is 6.54 Å². The van der Waals surface area contributed by atoms with Gasteiger partial charge >= 0.3 is 6.61 Å². The zero-order valence-corrected chi connectivity index (χ0v) is 20.4. The van der Waals surface area contributed by atoms with Crippen LogP contribution >= 0.6 is 0 Å². The molecule has 192 valence electrons. The smallest absolute Gasteiger partial charge is 0.387 e. The zero-order chi connectivity index (χ0) is 25.1. The fourth-order valence-corrected chi connectivity index (χ4v) is 4.12. The Bertz CT molecular complexity index is 1030. The van der Waals surface area contributed by atoms with E-state index in [1.807, 2.05) is 14.1 Å². The summed E-state index contributed by atoms with van der Waals surface area (Å²) in [5.74, 6) is 0.764. The van der Waals surface area contributed by atoms with E-state index in [0.717, 1.165) is 26.1 Å². The van der Waals surface area contributed by atoms with E-state index in [9.17, 15) is 13.6 Å². The Kier molecular flexibility index (Phi) is 7.88. The molecule has 0 radical (unpaired) electrons. The van der Waals surface area contributed by atoms with Gasteiger partial charge in [-0.05, 0) is 58.0 Å². The highest BCUT2D eigenvalue weighted by Gasteiger charge is 2.31. The summed E-state index contributed by atoms with van der Waals surface area (Å²) in [5, 5.41) is 0. The first-order chi connectivity index (χ1) is 16.7. The van der Waals surface area contributed by atoms with Crippen LogP contribution in [-0.4, -0.2) is 85.2 Å². The highest BCUT2D eigenvalue weighted by molar-refractivity contribution is 5.94. The van der Waals surface area contributed by atoms with E-state index in [2.05, 4.69) is 26.4 Å². The fourth-order valence-electron chi connectivity index (χ4n) is 4.12. The van der Waals surface area contributed by atoms with Gasteiger partial charge in [0, 0.05) is 31.2 Å². The van der Waals surface area contributed by atoms with Gasteiger partial charge in [-0.2, -0.15) is 8.78 Å². The minimum atomic E-state index is -2.97. The van der Waals surface area contributed by atoms with E-state index >= 15 is 0 Å². The molecule has 1 atom stereocenters. The Labute approximate surface area is 203 Å². The van der Waals surface area contributed by atoms with E-state index in [1.54, 1.807) is 17.0 Å². The number of ether oxygens (including phenoxy) is 2. The van der Waals surface area contributed by atoms with Gasteiger partial charge in [-0.25, -0.2) is 4.98 Å². The standard InChI is InChI=1S/C24H33F2N5O4/c1-15-12-30(8-9-31(15)14-29(2)3)23(32)21-20(11-27)34-22(28-21)17-6-7-18(35-24(25)26)19(10-17)33-13-16-4-5-16/h6-7,10,15-16,24H,4-5,8-9,11-14,27H2,1-3H3. The number of halogens is 2.